The fourth-order valence-corrected chi connectivity index (χ4v) is 3.77. The molecule has 142 valence electrons. The molecule has 0 bridgehead atoms. The Kier molecular flexibility index (Phi) is 4.88. The van der Waals surface area contributed by atoms with E-state index in [1.54, 1.807) is 23.2 Å². The molecule has 0 aliphatic carbocycles. The molecule has 2 aliphatic heterocycles. The van der Waals surface area contributed by atoms with Crippen LogP contribution in [-0.2, 0) is 22.6 Å². The van der Waals surface area contributed by atoms with E-state index in [9.17, 15) is 9.59 Å². The first-order chi connectivity index (χ1) is 13.0. The third kappa shape index (κ3) is 3.84. The number of benzene rings is 1. The lowest BCUT2D eigenvalue weighted by atomic mass is 9.93. The molecule has 1 saturated heterocycles. The first-order valence-corrected chi connectivity index (χ1v) is 9.27. The number of carbonyl (C=O) groups is 1. The van der Waals surface area contributed by atoms with Crippen molar-refractivity contribution in [3.05, 3.63) is 57.7 Å². The van der Waals surface area contributed by atoms with Gasteiger partial charge >= 0.3 is 5.69 Å². The van der Waals surface area contributed by atoms with E-state index in [0.717, 1.165) is 11.3 Å². The van der Waals surface area contributed by atoms with Gasteiger partial charge in [-0.3, -0.25) is 9.36 Å². The number of hydrogen-bond acceptors (Lipinski definition) is 5. The van der Waals surface area contributed by atoms with Gasteiger partial charge in [0.05, 0.1) is 19.8 Å². The van der Waals surface area contributed by atoms with Gasteiger partial charge in [-0.2, -0.15) is 0 Å². The van der Waals surface area contributed by atoms with Crippen molar-refractivity contribution in [3.8, 4) is 5.75 Å². The van der Waals surface area contributed by atoms with Gasteiger partial charge in [-0.1, -0.05) is 11.6 Å². The van der Waals surface area contributed by atoms with Crippen LogP contribution in [0.15, 0.2) is 41.5 Å². The molecule has 1 spiro atoms. The third-order valence-electron chi connectivity index (χ3n) is 5.03. The second kappa shape index (κ2) is 7.32. The zero-order chi connectivity index (χ0) is 18.9. The quantitative estimate of drug-likeness (QED) is 0.784. The highest BCUT2D eigenvalue weighted by atomic mass is 35.5. The van der Waals surface area contributed by atoms with Crippen molar-refractivity contribution in [1.29, 1.82) is 0 Å². The molecule has 1 amide bonds. The van der Waals surface area contributed by atoms with Crippen molar-refractivity contribution in [1.82, 2.24) is 14.5 Å². The predicted octanol–water partition coefficient (Wildman–Crippen LogP) is 1.87. The second-order valence-corrected chi connectivity index (χ2v) is 7.37. The van der Waals surface area contributed by atoms with Crippen molar-refractivity contribution in [2.45, 2.75) is 31.5 Å². The maximum absolute atomic E-state index is 13.0. The molecule has 1 aromatic heterocycles. The minimum absolute atomic E-state index is 0.0604. The number of amides is 1. The van der Waals surface area contributed by atoms with Crippen molar-refractivity contribution in [2.24, 2.45) is 0 Å². The van der Waals surface area contributed by atoms with Crippen LogP contribution in [0.3, 0.4) is 0 Å². The average molecular weight is 390 g/mol. The van der Waals surface area contributed by atoms with Gasteiger partial charge in [-0.25, -0.2) is 9.78 Å². The Morgan fingerprint density at radius 1 is 1.30 bits per heavy atom. The summed E-state index contributed by atoms with van der Waals surface area (Å²) >= 11 is 6.15. The van der Waals surface area contributed by atoms with Crippen molar-refractivity contribution in [3.63, 3.8) is 0 Å². The lowest BCUT2D eigenvalue weighted by Crippen LogP contribution is -2.51. The summed E-state index contributed by atoms with van der Waals surface area (Å²) in [6, 6.07) is 7.11. The number of halogens is 1. The smallest absolute Gasteiger partial charge is 0.347 e. The van der Waals surface area contributed by atoms with Crippen LogP contribution in [0, 0.1) is 0 Å². The Morgan fingerprint density at radius 2 is 2.11 bits per heavy atom. The molecule has 27 heavy (non-hydrogen) atoms. The average Bonchev–Trinajstić information content (AvgIpc) is 2.80. The van der Waals surface area contributed by atoms with Gasteiger partial charge in [0.2, 0.25) is 5.91 Å². The highest BCUT2D eigenvalue weighted by molar-refractivity contribution is 6.30. The number of nitrogens with zero attached hydrogens (tertiary/aromatic N) is 3. The molecule has 1 fully saturated rings. The topological polar surface area (TPSA) is 73.7 Å². The molecule has 1 aromatic carbocycles. The molecule has 0 saturated carbocycles. The number of hydrogen-bond donors (Lipinski definition) is 0. The highest BCUT2D eigenvalue weighted by Gasteiger charge is 2.40. The van der Waals surface area contributed by atoms with Crippen LogP contribution < -0.4 is 10.4 Å². The lowest BCUT2D eigenvalue weighted by molar-refractivity contribution is -0.137. The third-order valence-corrected chi connectivity index (χ3v) is 5.27. The monoisotopic (exact) mass is 389 g/mol. The fourth-order valence-electron chi connectivity index (χ4n) is 3.58. The van der Waals surface area contributed by atoms with Gasteiger partial charge in [0, 0.05) is 42.4 Å². The lowest BCUT2D eigenvalue weighted by Gasteiger charge is -2.38. The van der Waals surface area contributed by atoms with E-state index < -0.39 is 11.3 Å². The van der Waals surface area contributed by atoms with Gasteiger partial charge in [-0.05, 0) is 24.3 Å². The van der Waals surface area contributed by atoms with E-state index >= 15 is 0 Å². The fraction of sp³-hybridized carbons (Fsp3) is 0.421. The highest BCUT2D eigenvalue weighted by Crippen LogP contribution is 2.36. The normalized spacial score (nSPS) is 18.5. The molecule has 7 nitrogen and oxygen atoms in total. The van der Waals surface area contributed by atoms with Gasteiger partial charge < -0.3 is 14.4 Å². The summed E-state index contributed by atoms with van der Waals surface area (Å²) in [4.78, 5) is 30.3. The molecule has 2 aliphatic rings. The molecule has 0 atom stereocenters. The van der Waals surface area contributed by atoms with Crippen molar-refractivity contribution >= 4 is 17.5 Å². The number of rotatable bonds is 2. The van der Waals surface area contributed by atoms with Gasteiger partial charge in [0.1, 0.15) is 17.9 Å². The Bertz CT molecular complexity index is 908. The minimum Gasteiger partial charge on any atom is -0.485 e. The molecule has 0 N–H and O–H groups in total. The Morgan fingerprint density at radius 3 is 2.89 bits per heavy atom. The van der Waals surface area contributed by atoms with Crippen LogP contribution in [0.1, 0.15) is 18.4 Å². The summed E-state index contributed by atoms with van der Waals surface area (Å²) in [5.41, 5.74) is -0.0775. The van der Waals surface area contributed by atoms with E-state index in [2.05, 4.69) is 4.98 Å². The number of ether oxygens (including phenoxy) is 2. The second-order valence-electron chi connectivity index (χ2n) is 6.93. The first kappa shape index (κ1) is 18.0. The molecule has 8 heteroatoms. The number of carbonyl (C=O) groups excluding carboxylic acids is 1. The van der Waals surface area contributed by atoms with E-state index in [1.807, 2.05) is 12.1 Å². The van der Waals surface area contributed by atoms with Crippen LogP contribution in [0.2, 0.25) is 5.02 Å². The standard InChI is InChI=1S/C19H20ClN3O4/c20-15-2-3-16-14(10-15)11-23(13-19(27-16)4-8-26-9-5-19)17(24)12-22-7-1-6-21-18(22)25/h1-3,6-7,10H,4-5,8-9,11-13H2. The largest absolute Gasteiger partial charge is 0.485 e. The van der Waals surface area contributed by atoms with Gasteiger partial charge in [-0.15, -0.1) is 0 Å². The summed E-state index contributed by atoms with van der Waals surface area (Å²) in [6.07, 6.45) is 4.38. The summed E-state index contributed by atoms with van der Waals surface area (Å²) in [6.45, 7) is 1.94. The van der Waals surface area contributed by atoms with E-state index in [-0.39, 0.29) is 12.5 Å². The minimum atomic E-state index is -0.493. The van der Waals surface area contributed by atoms with Crippen LogP contribution in [0.5, 0.6) is 5.75 Å². The number of fused-ring (bicyclic) bond motifs is 1. The van der Waals surface area contributed by atoms with E-state index in [1.165, 1.54) is 10.8 Å². The maximum Gasteiger partial charge on any atom is 0.347 e. The van der Waals surface area contributed by atoms with Crippen LogP contribution in [0.25, 0.3) is 0 Å². The zero-order valence-corrected chi connectivity index (χ0v) is 15.5. The van der Waals surface area contributed by atoms with Crippen LogP contribution in [-0.4, -0.2) is 45.7 Å². The summed E-state index contributed by atoms with van der Waals surface area (Å²) in [5, 5.41) is 0.594. The molecular formula is C19H20ClN3O4. The number of aromatic nitrogens is 2. The van der Waals surface area contributed by atoms with E-state index in [4.69, 9.17) is 21.1 Å². The van der Waals surface area contributed by atoms with Gasteiger partial charge in [0.25, 0.3) is 0 Å². The molecule has 0 radical (unpaired) electrons. The molecular weight excluding hydrogens is 370 g/mol. The van der Waals surface area contributed by atoms with Gasteiger partial charge in [0.15, 0.2) is 0 Å². The van der Waals surface area contributed by atoms with Crippen molar-refractivity contribution in [2.75, 3.05) is 19.8 Å². The molecule has 2 aromatic rings. The Hall–Kier alpha value is -2.38. The molecule has 3 heterocycles. The summed E-state index contributed by atoms with van der Waals surface area (Å²) < 4.78 is 13.2. The van der Waals surface area contributed by atoms with Crippen LogP contribution >= 0.6 is 11.6 Å². The SMILES string of the molecule is O=C(Cn1cccnc1=O)N1Cc2cc(Cl)ccc2OC2(CCOCC2)C1. The van der Waals surface area contributed by atoms with E-state index in [0.29, 0.717) is 44.2 Å². The first-order valence-electron chi connectivity index (χ1n) is 8.89. The Balaban J connectivity index is 1.65. The Labute approximate surface area is 161 Å². The molecule has 4 rings (SSSR count). The zero-order valence-electron chi connectivity index (χ0n) is 14.8. The maximum atomic E-state index is 13.0. The van der Waals surface area contributed by atoms with Crippen molar-refractivity contribution < 1.29 is 14.3 Å². The predicted molar refractivity (Wildman–Crippen MR) is 98.8 cm³/mol. The summed E-state index contributed by atoms with van der Waals surface area (Å²) in [7, 11) is 0. The summed E-state index contributed by atoms with van der Waals surface area (Å²) in [5.74, 6) is 0.586. The van der Waals surface area contributed by atoms with Crippen LogP contribution in [0.4, 0.5) is 0 Å². The molecule has 0 unspecified atom stereocenters.